The molecule has 60 heavy (non-hydrogen) atoms. The summed E-state index contributed by atoms with van der Waals surface area (Å²) in [4.78, 5) is 0. The summed E-state index contributed by atoms with van der Waals surface area (Å²) in [5.74, 6) is 0. The average Bonchev–Trinajstić information content (AvgIpc) is 3.97. The third-order valence-corrected chi connectivity index (χ3v) is 16.3. The monoisotopic (exact) mass is 762 g/mol. The van der Waals surface area contributed by atoms with Gasteiger partial charge in [-0.2, -0.15) is 0 Å². The zero-order valence-electron chi connectivity index (χ0n) is 34.1. The van der Waals surface area contributed by atoms with Crippen molar-refractivity contribution in [2.45, 2.75) is 63.2 Å². The SMILES string of the molecule is CCCC[C@@]12c3ccccc3-c3c4c(c5c(c31)/C(=C1/c3ccccc3-c3c1c1c(c6c3-c3ccccc3-6)-c3ccccc3[C@]12CCCC)c1ccccc1-5)-c1ccccc1-4. The summed E-state index contributed by atoms with van der Waals surface area (Å²) in [6, 6.07) is 57.3. The second-order valence-corrected chi connectivity index (χ2v) is 18.5. The van der Waals surface area contributed by atoms with Crippen LogP contribution in [0.15, 0.2) is 146 Å². The second-order valence-electron chi connectivity index (χ2n) is 18.5. The first-order chi connectivity index (χ1) is 29.8. The summed E-state index contributed by atoms with van der Waals surface area (Å²) in [7, 11) is 0. The van der Waals surface area contributed by atoms with Gasteiger partial charge in [-0.3, -0.25) is 0 Å². The molecule has 8 aromatic carbocycles. The van der Waals surface area contributed by atoms with Crippen molar-refractivity contribution in [2.75, 3.05) is 0 Å². The Hall–Kier alpha value is -6.50. The highest BCUT2D eigenvalue weighted by atomic mass is 14.7. The van der Waals surface area contributed by atoms with Gasteiger partial charge in [0, 0.05) is 10.8 Å². The van der Waals surface area contributed by atoms with E-state index < -0.39 is 0 Å². The molecule has 0 radical (unpaired) electrons. The van der Waals surface area contributed by atoms with Gasteiger partial charge >= 0.3 is 0 Å². The molecule has 0 bridgehead atoms. The quantitative estimate of drug-likeness (QED) is 0.158. The van der Waals surface area contributed by atoms with Crippen molar-refractivity contribution in [1.29, 1.82) is 0 Å². The molecule has 0 heterocycles. The van der Waals surface area contributed by atoms with E-state index in [0.717, 1.165) is 38.5 Å². The highest BCUT2D eigenvalue weighted by molar-refractivity contribution is 6.31. The van der Waals surface area contributed by atoms with E-state index in [1.54, 1.807) is 22.3 Å². The molecular formula is C60H42. The molecule has 0 amide bonds. The van der Waals surface area contributed by atoms with Gasteiger partial charge in [-0.15, -0.1) is 0 Å². The second kappa shape index (κ2) is 10.8. The van der Waals surface area contributed by atoms with E-state index in [1.807, 2.05) is 0 Å². The van der Waals surface area contributed by atoms with Crippen LogP contribution in [0.25, 0.3) is 100 Å². The lowest BCUT2D eigenvalue weighted by Crippen LogP contribution is -2.50. The van der Waals surface area contributed by atoms with Gasteiger partial charge in [0.25, 0.3) is 0 Å². The molecular weight excluding hydrogens is 721 g/mol. The summed E-state index contributed by atoms with van der Waals surface area (Å²) in [6.07, 6.45) is 6.84. The van der Waals surface area contributed by atoms with Crippen molar-refractivity contribution in [1.82, 2.24) is 0 Å². The lowest BCUT2D eigenvalue weighted by molar-refractivity contribution is 0.267. The minimum Gasteiger partial charge on any atom is -0.0654 e. The van der Waals surface area contributed by atoms with Gasteiger partial charge in [0.15, 0.2) is 0 Å². The summed E-state index contributed by atoms with van der Waals surface area (Å²) < 4.78 is 0. The van der Waals surface area contributed by atoms with Gasteiger partial charge in [-0.25, -0.2) is 0 Å². The number of fused-ring (bicyclic) bond motifs is 25. The molecule has 7 aliphatic carbocycles. The third-order valence-electron chi connectivity index (χ3n) is 16.3. The average molecular weight is 763 g/mol. The van der Waals surface area contributed by atoms with Crippen LogP contribution in [-0.2, 0) is 10.8 Å². The number of hydrogen-bond acceptors (Lipinski definition) is 0. The van der Waals surface area contributed by atoms with Crippen LogP contribution in [0.5, 0.6) is 0 Å². The van der Waals surface area contributed by atoms with Crippen molar-refractivity contribution in [2.24, 2.45) is 0 Å². The van der Waals surface area contributed by atoms with E-state index in [4.69, 9.17) is 0 Å². The summed E-state index contributed by atoms with van der Waals surface area (Å²) in [5, 5.41) is 0. The fraction of sp³-hybridized carbons (Fsp3) is 0.167. The maximum absolute atomic E-state index is 2.59. The molecule has 282 valence electrons. The predicted molar refractivity (Wildman–Crippen MR) is 249 cm³/mol. The highest BCUT2D eigenvalue weighted by Gasteiger charge is 2.66. The predicted octanol–water partition coefficient (Wildman–Crippen LogP) is 15.9. The summed E-state index contributed by atoms with van der Waals surface area (Å²) in [6.45, 7) is 4.84. The van der Waals surface area contributed by atoms with Crippen LogP contribution in [0.2, 0.25) is 0 Å². The van der Waals surface area contributed by atoms with E-state index in [9.17, 15) is 0 Å². The van der Waals surface area contributed by atoms with Crippen molar-refractivity contribution in [3.05, 3.63) is 190 Å². The van der Waals surface area contributed by atoms with Crippen molar-refractivity contribution in [3.63, 3.8) is 0 Å². The molecule has 0 saturated carbocycles. The molecule has 8 aromatic rings. The Morgan fingerprint density at radius 1 is 0.283 bits per heavy atom. The Labute approximate surface area is 351 Å². The largest absolute Gasteiger partial charge is 0.0654 e. The molecule has 0 aliphatic heterocycles. The van der Waals surface area contributed by atoms with Crippen molar-refractivity contribution < 1.29 is 0 Å². The molecule has 0 N–H and O–H groups in total. The van der Waals surface area contributed by atoms with E-state index in [2.05, 4.69) is 159 Å². The van der Waals surface area contributed by atoms with Crippen LogP contribution in [0.1, 0.15) is 96.9 Å². The Morgan fingerprint density at radius 2 is 0.550 bits per heavy atom. The Bertz CT molecular complexity index is 3180. The smallest absolute Gasteiger partial charge is 0.0359 e. The van der Waals surface area contributed by atoms with Crippen molar-refractivity contribution in [3.8, 4) is 89.0 Å². The zero-order chi connectivity index (χ0) is 39.2. The van der Waals surface area contributed by atoms with Crippen molar-refractivity contribution >= 4 is 11.1 Å². The van der Waals surface area contributed by atoms with Gasteiger partial charge in [0.2, 0.25) is 0 Å². The molecule has 0 unspecified atom stereocenters. The fourth-order valence-corrected chi connectivity index (χ4v) is 14.5. The summed E-state index contributed by atoms with van der Waals surface area (Å²) >= 11 is 0. The van der Waals surface area contributed by atoms with Gasteiger partial charge in [-0.05, 0) is 158 Å². The Balaban J connectivity index is 1.29. The normalized spacial score (nSPS) is 20.5. The van der Waals surface area contributed by atoms with Crippen LogP contribution in [-0.4, -0.2) is 0 Å². The first-order valence-electron chi connectivity index (χ1n) is 22.6. The Kier molecular flexibility index (Phi) is 5.83. The molecule has 0 spiro atoms. The topological polar surface area (TPSA) is 0 Å². The van der Waals surface area contributed by atoms with Crippen LogP contribution in [0, 0.1) is 0 Å². The number of unbranched alkanes of at least 4 members (excludes halogenated alkanes) is 2. The van der Waals surface area contributed by atoms with Crippen LogP contribution < -0.4 is 0 Å². The van der Waals surface area contributed by atoms with E-state index in [-0.39, 0.29) is 10.8 Å². The fourth-order valence-electron chi connectivity index (χ4n) is 14.5. The van der Waals surface area contributed by atoms with Crippen LogP contribution in [0.3, 0.4) is 0 Å². The first kappa shape index (κ1) is 32.4. The minimum atomic E-state index is -0.312. The van der Waals surface area contributed by atoms with Gasteiger partial charge in [0.1, 0.15) is 0 Å². The minimum absolute atomic E-state index is 0.312. The van der Waals surface area contributed by atoms with Crippen LogP contribution >= 0.6 is 0 Å². The molecule has 0 heteroatoms. The molecule has 0 fully saturated rings. The molecule has 2 atom stereocenters. The zero-order valence-corrected chi connectivity index (χ0v) is 34.1. The molecule has 0 saturated heterocycles. The third kappa shape index (κ3) is 3.20. The Morgan fingerprint density at radius 3 is 0.900 bits per heavy atom. The number of benzene rings is 8. The molecule has 0 nitrogen and oxygen atoms in total. The number of hydrogen-bond donors (Lipinski definition) is 0. The van der Waals surface area contributed by atoms with Gasteiger partial charge in [-0.1, -0.05) is 185 Å². The van der Waals surface area contributed by atoms with Gasteiger partial charge < -0.3 is 0 Å². The van der Waals surface area contributed by atoms with E-state index in [0.29, 0.717) is 0 Å². The lowest BCUT2D eigenvalue weighted by Gasteiger charge is -2.53. The first-order valence-corrected chi connectivity index (χ1v) is 22.6. The molecule has 15 rings (SSSR count). The van der Waals surface area contributed by atoms with Gasteiger partial charge in [0.05, 0.1) is 0 Å². The summed E-state index contributed by atoms with van der Waals surface area (Å²) in [5.41, 5.74) is 37.9. The standard InChI is InChI=1S/C60H42/c1-3-5-31-59-43-29-17-15-27-41(43)53-47-35-21-9-7-19-33(35)45(47)49-37-23-11-13-25-39(37)51(55(49)57(53)59)52-40-26-14-12-24-38(40)50-46-34-20-8-10-22-36(34)48(46)54-42-28-16-18-30-44(42)60(59,32-6-4-2)58(54)56(50)52/h7-30H,3-6,31-32H2,1-2H3/b52-51-/t59-,60-/m1/s1. The highest BCUT2D eigenvalue weighted by Crippen LogP contribution is 2.79. The lowest BCUT2D eigenvalue weighted by atomic mass is 9.48. The molecule has 0 aromatic heterocycles. The molecule has 7 aliphatic rings. The van der Waals surface area contributed by atoms with E-state index >= 15 is 0 Å². The maximum atomic E-state index is 2.59. The van der Waals surface area contributed by atoms with Crippen LogP contribution in [0.4, 0.5) is 0 Å². The number of rotatable bonds is 6. The maximum Gasteiger partial charge on any atom is 0.0359 e. The van der Waals surface area contributed by atoms with E-state index in [1.165, 1.54) is 122 Å².